The zero-order chi connectivity index (χ0) is 10.1. The van der Waals surface area contributed by atoms with Crippen LogP contribution in [0.3, 0.4) is 0 Å². The largest absolute Gasteiger partial charge is 0.339 e. The number of hydrogen-bond donors (Lipinski definition) is 0. The van der Waals surface area contributed by atoms with Crippen molar-refractivity contribution >= 4 is 21.8 Å². The smallest absolute Gasteiger partial charge is 0.256 e. The summed E-state index contributed by atoms with van der Waals surface area (Å²) in [6, 6.07) is 4.01. The molecule has 4 heteroatoms. The Hall–Kier alpha value is -0.900. The monoisotopic (exact) mass is 254 g/mol. The van der Waals surface area contributed by atoms with Gasteiger partial charge in [-0.15, -0.1) is 0 Å². The lowest BCUT2D eigenvalue weighted by molar-refractivity contribution is 0.0783. The van der Waals surface area contributed by atoms with Crippen LogP contribution in [0.2, 0.25) is 0 Å². The van der Waals surface area contributed by atoms with Gasteiger partial charge in [0.1, 0.15) is 4.60 Å². The lowest BCUT2D eigenvalue weighted by Crippen LogP contribution is -2.29. The summed E-state index contributed by atoms with van der Waals surface area (Å²) in [6.07, 6.45) is 3.91. The van der Waals surface area contributed by atoms with Crippen LogP contribution in [-0.4, -0.2) is 28.9 Å². The third-order valence-electron chi connectivity index (χ3n) is 2.40. The predicted molar refractivity (Wildman–Crippen MR) is 57.1 cm³/mol. The van der Waals surface area contributed by atoms with Crippen molar-refractivity contribution in [3.8, 4) is 0 Å². The summed E-state index contributed by atoms with van der Waals surface area (Å²) in [4.78, 5) is 17.7. The SMILES string of the molecule is CN(C(=O)c1cccnc1Br)C1CC1. The van der Waals surface area contributed by atoms with E-state index in [4.69, 9.17) is 0 Å². The number of carbonyl (C=O) groups excluding carboxylic acids is 1. The van der Waals surface area contributed by atoms with E-state index >= 15 is 0 Å². The van der Waals surface area contributed by atoms with Crippen molar-refractivity contribution < 1.29 is 4.79 Å². The van der Waals surface area contributed by atoms with Gasteiger partial charge in [-0.2, -0.15) is 0 Å². The number of halogens is 1. The standard InChI is InChI=1S/C10H11BrN2O/c1-13(7-4-5-7)10(14)8-3-2-6-12-9(8)11/h2-3,6-7H,4-5H2,1H3. The van der Waals surface area contributed by atoms with E-state index in [9.17, 15) is 4.79 Å². The predicted octanol–water partition coefficient (Wildman–Crippen LogP) is 2.08. The van der Waals surface area contributed by atoms with Crippen LogP contribution < -0.4 is 0 Å². The van der Waals surface area contributed by atoms with Crippen LogP contribution in [0, 0.1) is 0 Å². The lowest BCUT2D eigenvalue weighted by Gasteiger charge is -2.16. The van der Waals surface area contributed by atoms with Crippen molar-refractivity contribution in [1.82, 2.24) is 9.88 Å². The van der Waals surface area contributed by atoms with Gasteiger partial charge in [0.25, 0.3) is 5.91 Å². The number of pyridine rings is 1. The quantitative estimate of drug-likeness (QED) is 0.758. The summed E-state index contributed by atoms with van der Waals surface area (Å²) in [5.74, 6) is 0.0486. The van der Waals surface area contributed by atoms with Crippen LogP contribution in [0.25, 0.3) is 0 Å². The first-order valence-corrected chi connectivity index (χ1v) is 5.37. The Morgan fingerprint density at radius 2 is 2.36 bits per heavy atom. The van der Waals surface area contributed by atoms with Crippen molar-refractivity contribution in [2.45, 2.75) is 18.9 Å². The molecule has 74 valence electrons. The minimum absolute atomic E-state index is 0.0486. The molecular formula is C10H11BrN2O. The maximum atomic E-state index is 11.9. The van der Waals surface area contributed by atoms with Gasteiger partial charge in [0.2, 0.25) is 0 Å². The molecule has 1 aliphatic rings. The number of carbonyl (C=O) groups is 1. The molecule has 0 unspecified atom stereocenters. The van der Waals surface area contributed by atoms with Crippen molar-refractivity contribution in [2.75, 3.05) is 7.05 Å². The molecule has 0 radical (unpaired) electrons. The van der Waals surface area contributed by atoms with E-state index < -0.39 is 0 Å². The Labute approximate surface area is 91.3 Å². The molecule has 0 bridgehead atoms. The Morgan fingerprint density at radius 1 is 1.64 bits per heavy atom. The van der Waals surface area contributed by atoms with Crippen molar-refractivity contribution in [3.63, 3.8) is 0 Å². The van der Waals surface area contributed by atoms with Crippen LogP contribution in [0.5, 0.6) is 0 Å². The molecule has 0 N–H and O–H groups in total. The zero-order valence-electron chi connectivity index (χ0n) is 7.90. The summed E-state index contributed by atoms with van der Waals surface area (Å²) in [5.41, 5.74) is 0.641. The third-order valence-corrected chi connectivity index (χ3v) is 3.04. The molecular weight excluding hydrogens is 244 g/mol. The average molecular weight is 255 g/mol. The molecule has 0 spiro atoms. The maximum absolute atomic E-state index is 11.9. The molecule has 0 saturated heterocycles. The molecule has 0 aliphatic heterocycles. The van der Waals surface area contributed by atoms with Gasteiger partial charge >= 0.3 is 0 Å². The Morgan fingerprint density at radius 3 is 2.93 bits per heavy atom. The molecule has 2 rings (SSSR count). The molecule has 1 aliphatic carbocycles. The summed E-state index contributed by atoms with van der Waals surface area (Å²) in [6.45, 7) is 0. The van der Waals surface area contributed by atoms with E-state index in [2.05, 4.69) is 20.9 Å². The highest BCUT2D eigenvalue weighted by molar-refractivity contribution is 9.10. The molecule has 1 aromatic rings. The summed E-state index contributed by atoms with van der Waals surface area (Å²) >= 11 is 3.28. The Balaban J connectivity index is 2.21. The van der Waals surface area contributed by atoms with E-state index in [-0.39, 0.29) is 5.91 Å². The number of hydrogen-bond acceptors (Lipinski definition) is 2. The van der Waals surface area contributed by atoms with Gasteiger partial charge in [-0.05, 0) is 40.9 Å². The van der Waals surface area contributed by atoms with Crippen molar-refractivity contribution in [1.29, 1.82) is 0 Å². The second-order valence-corrected chi connectivity index (χ2v) is 4.24. The summed E-state index contributed by atoms with van der Waals surface area (Å²) in [5, 5.41) is 0. The highest BCUT2D eigenvalue weighted by Gasteiger charge is 2.30. The number of aromatic nitrogens is 1. The van der Waals surface area contributed by atoms with Crippen molar-refractivity contribution in [3.05, 3.63) is 28.5 Å². The van der Waals surface area contributed by atoms with Crippen LogP contribution in [0.4, 0.5) is 0 Å². The Bertz CT molecular complexity index is 363. The number of rotatable bonds is 2. The van der Waals surface area contributed by atoms with E-state index in [1.165, 1.54) is 0 Å². The molecule has 0 aromatic carbocycles. The molecule has 1 amide bonds. The fraction of sp³-hybridized carbons (Fsp3) is 0.400. The fourth-order valence-electron chi connectivity index (χ4n) is 1.36. The van der Waals surface area contributed by atoms with Crippen LogP contribution >= 0.6 is 15.9 Å². The van der Waals surface area contributed by atoms with Gasteiger partial charge in [-0.1, -0.05) is 0 Å². The molecule has 1 heterocycles. The van der Waals surface area contributed by atoms with E-state index in [0.29, 0.717) is 16.2 Å². The minimum Gasteiger partial charge on any atom is -0.339 e. The third kappa shape index (κ3) is 1.80. The highest BCUT2D eigenvalue weighted by Crippen LogP contribution is 2.27. The van der Waals surface area contributed by atoms with Crippen molar-refractivity contribution in [2.24, 2.45) is 0 Å². The second-order valence-electron chi connectivity index (χ2n) is 3.49. The van der Waals surface area contributed by atoms with Gasteiger partial charge in [-0.25, -0.2) is 4.98 Å². The van der Waals surface area contributed by atoms with E-state index in [0.717, 1.165) is 12.8 Å². The first-order chi connectivity index (χ1) is 6.70. The number of nitrogens with zero attached hydrogens (tertiary/aromatic N) is 2. The van der Waals surface area contributed by atoms with Crippen LogP contribution in [0.1, 0.15) is 23.2 Å². The van der Waals surface area contributed by atoms with Crippen LogP contribution in [-0.2, 0) is 0 Å². The first-order valence-electron chi connectivity index (χ1n) is 4.58. The maximum Gasteiger partial charge on any atom is 0.256 e. The van der Waals surface area contributed by atoms with E-state index in [1.54, 1.807) is 23.2 Å². The lowest BCUT2D eigenvalue weighted by atomic mass is 10.2. The zero-order valence-corrected chi connectivity index (χ0v) is 9.49. The summed E-state index contributed by atoms with van der Waals surface area (Å²) in [7, 11) is 1.85. The first kappa shape index (κ1) is 9.65. The van der Waals surface area contributed by atoms with Gasteiger partial charge in [0, 0.05) is 19.3 Å². The Kier molecular flexibility index (Phi) is 2.54. The fourth-order valence-corrected chi connectivity index (χ4v) is 1.78. The molecule has 1 aromatic heterocycles. The van der Waals surface area contributed by atoms with Gasteiger partial charge in [-0.3, -0.25) is 4.79 Å². The van der Waals surface area contributed by atoms with Gasteiger partial charge in [0.05, 0.1) is 5.56 Å². The van der Waals surface area contributed by atoms with Gasteiger partial charge in [0.15, 0.2) is 0 Å². The van der Waals surface area contributed by atoms with E-state index in [1.807, 2.05) is 7.05 Å². The summed E-state index contributed by atoms with van der Waals surface area (Å²) < 4.78 is 0.623. The van der Waals surface area contributed by atoms with Gasteiger partial charge < -0.3 is 4.90 Å². The normalized spacial score (nSPS) is 15.3. The average Bonchev–Trinajstić information content (AvgIpc) is 3.00. The second kappa shape index (κ2) is 3.69. The molecule has 0 atom stereocenters. The topological polar surface area (TPSA) is 33.2 Å². The number of amides is 1. The van der Waals surface area contributed by atoms with Crippen LogP contribution in [0.15, 0.2) is 22.9 Å². The highest BCUT2D eigenvalue weighted by atomic mass is 79.9. The minimum atomic E-state index is 0.0486. The molecule has 3 nitrogen and oxygen atoms in total. The molecule has 14 heavy (non-hydrogen) atoms. The molecule has 1 saturated carbocycles. The molecule has 1 fully saturated rings.